The zero-order valence-corrected chi connectivity index (χ0v) is 17.3. The first-order valence-corrected chi connectivity index (χ1v) is 10.2. The molecule has 0 bridgehead atoms. The number of rotatable bonds is 6. The molecule has 0 aromatic heterocycles. The van der Waals surface area contributed by atoms with E-state index in [0.717, 1.165) is 25.1 Å². The number of likely N-dealkylation sites (tertiary alicyclic amines) is 1. The van der Waals surface area contributed by atoms with E-state index in [1.54, 1.807) is 14.2 Å². The third kappa shape index (κ3) is 4.08. The first-order valence-electron chi connectivity index (χ1n) is 10.2. The molecule has 0 unspecified atom stereocenters. The Balaban J connectivity index is 1.69. The predicted molar refractivity (Wildman–Crippen MR) is 107 cm³/mol. The SMILES string of the molecule is CCN(C(=O)Cc1ccc(OC)c(OC)c1)[C@H]1CN(C)C2(CCCCC2)C1. The quantitative estimate of drug-likeness (QED) is 0.764. The van der Waals surface area contributed by atoms with Crippen molar-refractivity contribution in [3.63, 3.8) is 0 Å². The van der Waals surface area contributed by atoms with Gasteiger partial charge < -0.3 is 14.4 Å². The summed E-state index contributed by atoms with van der Waals surface area (Å²) in [7, 11) is 5.50. The Labute approximate surface area is 163 Å². The van der Waals surface area contributed by atoms with Crippen LogP contribution in [0, 0.1) is 0 Å². The van der Waals surface area contributed by atoms with Gasteiger partial charge in [0.1, 0.15) is 0 Å². The highest BCUT2D eigenvalue weighted by Gasteiger charge is 2.46. The summed E-state index contributed by atoms with van der Waals surface area (Å²) in [5.74, 6) is 1.57. The molecule has 150 valence electrons. The van der Waals surface area contributed by atoms with Crippen LogP contribution in [0.3, 0.4) is 0 Å². The highest BCUT2D eigenvalue weighted by molar-refractivity contribution is 5.79. The third-order valence-corrected chi connectivity index (χ3v) is 6.60. The Bertz CT molecular complexity index is 655. The first kappa shape index (κ1) is 20.0. The van der Waals surface area contributed by atoms with E-state index in [2.05, 4.69) is 23.8 Å². The highest BCUT2D eigenvalue weighted by atomic mass is 16.5. The molecular formula is C22H34N2O3. The van der Waals surface area contributed by atoms with Gasteiger partial charge in [-0.3, -0.25) is 9.69 Å². The number of benzene rings is 1. The van der Waals surface area contributed by atoms with Crippen molar-refractivity contribution in [3.8, 4) is 11.5 Å². The minimum atomic E-state index is 0.205. The second-order valence-electron chi connectivity index (χ2n) is 8.07. The second kappa shape index (κ2) is 8.51. The summed E-state index contributed by atoms with van der Waals surface area (Å²) in [6, 6.07) is 6.06. The Morgan fingerprint density at radius 1 is 1.19 bits per heavy atom. The lowest BCUT2D eigenvalue weighted by molar-refractivity contribution is -0.132. The number of hydrogen-bond acceptors (Lipinski definition) is 4. The van der Waals surface area contributed by atoms with Crippen molar-refractivity contribution in [2.75, 3.05) is 34.4 Å². The van der Waals surface area contributed by atoms with Gasteiger partial charge in [-0.05, 0) is 50.9 Å². The van der Waals surface area contributed by atoms with Crippen LogP contribution < -0.4 is 9.47 Å². The molecule has 1 saturated carbocycles. The van der Waals surface area contributed by atoms with E-state index in [1.165, 1.54) is 32.1 Å². The topological polar surface area (TPSA) is 42.0 Å². The first-order chi connectivity index (χ1) is 13.0. The molecule has 1 amide bonds. The van der Waals surface area contributed by atoms with Gasteiger partial charge in [0.05, 0.1) is 20.6 Å². The lowest BCUT2D eigenvalue weighted by atomic mass is 9.79. The van der Waals surface area contributed by atoms with E-state index in [9.17, 15) is 4.79 Å². The number of nitrogens with zero attached hydrogens (tertiary/aromatic N) is 2. The largest absolute Gasteiger partial charge is 0.493 e. The molecule has 27 heavy (non-hydrogen) atoms. The molecule has 5 heteroatoms. The molecule has 2 aliphatic rings. The molecule has 0 radical (unpaired) electrons. The Hall–Kier alpha value is -1.75. The van der Waals surface area contributed by atoms with Gasteiger partial charge in [0.25, 0.3) is 0 Å². The van der Waals surface area contributed by atoms with Crippen LogP contribution in [0.2, 0.25) is 0 Å². The second-order valence-corrected chi connectivity index (χ2v) is 8.07. The molecule has 1 atom stereocenters. The average molecular weight is 375 g/mol. The Morgan fingerprint density at radius 3 is 2.52 bits per heavy atom. The molecule has 3 rings (SSSR count). The maximum atomic E-state index is 13.1. The van der Waals surface area contributed by atoms with E-state index < -0.39 is 0 Å². The number of amides is 1. The summed E-state index contributed by atoms with van der Waals surface area (Å²) >= 11 is 0. The third-order valence-electron chi connectivity index (χ3n) is 6.60. The zero-order valence-electron chi connectivity index (χ0n) is 17.3. The fourth-order valence-corrected chi connectivity index (χ4v) is 5.08. The number of likely N-dealkylation sites (N-methyl/N-ethyl adjacent to an activating group) is 2. The molecule has 1 aliphatic heterocycles. The minimum absolute atomic E-state index is 0.205. The molecule has 1 saturated heterocycles. The summed E-state index contributed by atoms with van der Waals surface area (Å²) in [6.45, 7) is 3.85. The van der Waals surface area contributed by atoms with Crippen molar-refractivity contribution in [3.05, 3.63) is 23.8 Å². The summed E-state index contributed by atoms with van der Waals surface area (Å²) in [5, 5.41) is 0. The minimum Gasteiger partial charge on any atom is -0.493 e. The monoisotopic (exact) mass is 374 g/mol. The van der Waals surface area contributed by atoms with Gasteiger partial charge in [-0.15, -0.1) is 0 Å². The summed E-state index contributed by atoms with van der Waals surface area (Å²) in [5.41, 5.74) is 1.29. The van der Waals surface area contributed by atoms with Crippen LogP contribution in [0.1, 0.15) is 51.0 Å². The number of carbonyl (C=O) groups excluding carboxylic acids is 1. The highest BCUT2D eigenvalue weighted by Crippen LogP contribution is 2.42. The lowest BCUT2D eigenvalue weighted by Gasteiger charge is -2.39. The van der Waals surface area contributed by atoms with Gasteiger partial charge in [-0.25, -0.2) is 0 Å². The molecule has 1 spiro atoms. The standard InChI is InChI=1S/C22H34N2O3/c1-5-24(18-15-22(23(2)16-18)11-7-6-8-12-22)21(25)14-17-9-10-19(26-3)20(13-17)27-4/h9-10,13,18H,5-8,11-12,14-16H2,1-4H3/t18-/m1/s1. The molecule has 1 aromatic carbocycles. The van der Waals surface area contributed by atoms with E-state index in [1.807, 2.05) is 18.2 Å². The molecule has 1 heterocycles. The van der Waals surface area contributed by atoms with Crippen LogP contribution in [0.15, 0.2) is 18.2 Å². The van der Waals surface area contributed by atoms with Crippen molar-refractivity contribution in [2.24, 2.45) is 0 Å². The molecule has 5 nitrogen and oxygen atoms in total. The van der Waals surface area contributed by atoms with E-state index >= 15 is 0 Å². The molecule has 0 N–H and O–H groups in total. The number of carbonyl (C=O) groups is 1. The summed E-state index contributed by atoms with van der Waals surface area (Å²) in [6.07, 6.45) is 8.08. The van der Waals surface area contributed by atoms with Gasteiger partial charge >= 0.3 is 0 Å². The van der Waals surface area contributed by atoms with Gasteiger partial charge in [0, 0.05) is 24.7 Å². The van der Waals surface area contributed by atoms with Crippen molar-refractivity contribution in [1.29, 1.82) is 0 Å². The fraction of sp³-hybridized carbons (Fsp3) is 0.682. The van der Waals surface area contributed by atoms with Crippen LogP contribution >= 0.6 is 0 Å². The summed E-state index contributed by atoms with van der Waals surface area (Å²) in [4.78, 5) is 17.7. The van der Waals surface area contributed by atoms with Crippen LogP contribution in [0.25, 0.3) is 0 Å². The van der Waals surface area contributed by atoms with Gasteiger partial charge in [-0.2, -0.15) is 0 Å². The Kier molecular flexibility index (Phi) is 6.30. The van der Waals surface area contributed by atoms with Crippen molar-refractivity contribution >= 4 is 5.91 Å². The lowest BCUT2D eigenvalue weighted by Crippen LogP contribution is -2.42. The van der Waals surface area contributed by atoms with Crippen LogP contribution in [0.4, 0.5) is 0 Å². The maximum Gasteiger partial charge on any atom is 0.227 e. The van der Waals surface area contributed by atoms with Crippen LogP contribution in [-0.2, 0) is 11.2 Å². The molecule has 2 fully saturated rings. The molecular weight excluding hydrogens is 340 g/mol. The fourth-order valence-electron chi connectivity index (χ4n) is 5.08. The number of ether oxygens (including phenoxy) is 2. The normalized spacial score (nSPS) is 22.0. The van der Waals surface area contributed by atoms with Crippen molar-refractivity contribution < 1.29 is 14.3 Å². The predicted octanol–water partition coefficient (Wildman–Crippen LogP) is 3.50. The van der Waals surface area contributed by atoms with Crippen molar-refractivity contribution in [2.45, 2.75) is 63.5 Å². The number of hydrogen-bond donors (Lipinski definition) is 0. The molecule has 1 aliphatic carbocycles. The zero-order chi connectivity index (χ0) is 19.4. The Morgan fingerprint density at radius 2 is 1.89 bits per heavy atom. The number of methoxy groups -OCH3 is 2. The van der Waals surface area contributed by atoms with E-state index in [-0.39, 0.29) is 5.91 Å². The van der Waals surface area contributed by atoms with Crippen LogP contribution in [-0.4, -0.2) is 61.6 Å². The molecule has 1 aromatic rings. The van der Waals surface area contributed by atoms with Gasteiger partial charge in [0.15, 0.2) is 11.5 Å². The van der Waals surface area contributed by atoms with Gasteiger partial charge in [0.2, 0.25) is 5.91 Å². The van der Waals surface area contributed by atoms with Crippen molar-refractivity contribution in [1.82, 2.24) is 9.80 Å². The van der Waals surface area contributed by atoms with Gasteiger partial charge in [-0.1, -0.05) is 25.3 Å². The average Bonchev–Trinajstić information content (AvgIpc) is 2.98. The maximum absolute atomic E-state index is 13.1. The van der Waals surface area contributed by atoms with E-state index in [0.29, 0.717) is 29.5 Å². The smallest absolute Gasteiger partial charge is 0.227 e. The summed E-state index contributed by atoms with van der Waals surface area (Å²) < 4.78 is 10.7. The van der Waals surface area contributed by atoms with Crippen LogP contribution in [0.5, 0.6) is 11.5 Å². The van der Waals surface area contributed by atoms with E-state index in [4.69, 9.17) is 9.47 Å².